The third-order valence-electron chi connectivity index (χ3n) is 4.62. The zero-order valence-corrected chi connectivity index (χ0v) is 10.9. The Morgan fingerprint density at radius 1 is 1.06 bits per heavy atom. The number of carbonyl (C=O) groups is 2. The summed E-state index contributed by atoms with van der Waals surface area (Å²) in [6.45, 7) is 6.29. The highest BCUT2D eigenvalue weighted by molar-refractivity contribution is 6.52. The number of benzene rings is 1. The van der Waals surface area contributed by atoms with Crippen LogP contribution in [0.2, 0.25) is 0 Å². The Bertz CT molecular complexity index is 605. The van der Waals surface area contributed by atoms with Gasteiger partial charge in [-0.1, -0.05) is 45.0 Å². The molecule has 0 aliphatic heterocycles. The van der Waals surface area contributed by atoms with Crippen LogP contribution in [0.4, 0.5) is 0 Å². The Hall–Kier alpha value is -1.70. The molecule has 2 aliphatic carbocycles. The van der Waals surface area contributed by atoms with E-state index in [1.807, 2.05) is 18.2 Å². The smallest absolute Gasteiger partial charge is 0.233 e. The highest BCUT2D eigenvalue weighted by Crippen LogP contribution is 2.52. The molecule has 0 N–H and O–H groups in total. The number of rotatable bonds is 0. The summed E-state index contributed by atoms with van der Waals surface area (Å²) in [5.74, 6) is -0.241. The quantitative estimate of drug-likeness (QED) is 0.652. The third-order valence-corrected chi connectivity index (χ3v) is 4.62. The largest absolute Gasteiger partial charge is 0.285 e. The van der Waals surface area contributed by atoms with Crippen molar-refractivity contribution in [1.82, 2.24) is 0 Å². The number of hydrogen-bond donors (Lipinski definition) is 0. The minimum absolute atomic E-state index is 0.199. The van der Waals surface area contributed by atoms with Crippen molar-refractivity contribution < 1.29 is 9.59 Å². The first-order valence-corrected chi connectivity index (χ1v) is 6.36. The molecular weight excluding hydrogens is 224 g/mol. The number of allylic oxidation sites excluding steroid dienone is 2. The van der Waals surface area contributed by atoms with E-state index >= 15 is 0 Å². The monoisotopic (exact) mass is 240 g/mol. The SMILES string of the molecule is CC1CC2=C(C(=O)C(=O)c3ccccc32)C1(C)C. The van der Waals surface area contributed by atoms with Gasteiger partial charge in [0.15, 0.2) is 0 Å². The van der Waals surface area contributed by atoms with Crippen LogP contribution in [0.3, 0.4) is 0 Å². The molecule has 1 unspecified atom stereocenters. The van der Waals surface area contributed by atoms with Crippen molar-refractivity contribution in [1.29, 1.82) is 0 Å². The van der Waals surface area contributed by atoms with Gasteiger partial charge in [-0.25, -0.2) is 0 Å². The lowest BCUT2D eigenvalue weighted by molar-refractivity contribution is -0.112. The molecule has 0 heterocycles. The maximum atomic E-state index is 12.3. The fourth-order valence-electron chi connectivity index (χ4n) is 3.15. The summed E-state index contributed by atoms with van der Waals surface area (Å²) in [6.07, 6.45) is 0.887. The van der Waals surface area contributed by atoms with E-state index in [9.17, 15) is 9.59 Å². The second-order valence-corrected chi connectivity index (χ2v) is 5.88. The summed E-state index contributed by atoms with van der Waals surface area (Å²) in [6, 6.07) is 7.47. The predicted molar refractivity (Wildman–Crippen MR) is 70.3 cm³/mol. The molecule has 0 saturated carbocycles. The van der Waals surface area contributed by atoms with Crippen LogP contribution >= 0.6 is 0 Å². The number of hydrogen-bond acceptors (Lipinski definition) is 2. The van der Waals surface area contributed by atoms with Gasteiger partial charge in [-0.15, -0.1) is 0 Å². The summed E-state index contributed by atoms with van der Waals surface area (Å²) < 4.78 is 0. The van der Waals surface area contributed by atoms with Crippen LogP contribution in [0.1, 0.15) is 43.1 Å². The fraction of sp³-hybridized carbons (Fsp3) is 0.375. The average molecular weight is 240 g/mol. The van der Waals surface area contributed by atoms with Crippen molar-refractivity contribution in [3.63, 3.8) is 0 Å². The fourth-order valence-corrected chi connectivity index (χ4v) is 3.15. The molecule has 1 aromatic carbocycles. The van der Waals surface area contributed by atoms with Gasteiger partial charge < -0.3 is 0 Å². The van der Waals surface area contributed by atoms with E-state index in [4.69, 9.17) is 0 Å². The van der Waals surface area contributed by atoms with Crippen molar-refractivity contribution in [2.45, 2.75) is 27.2 Å². The van der Waals surface area contributed by atoms with Crippen molar-refractivity contribution in [3.05, 3.63) is 41.0 Å². The van der Waals surface area contributed by atoms with Gasteiger partial charge in [-0.2, -0.15) is 0 Å². The van der Waals surface area contributed by atoms with Crippen molar-refractivity contribution in [3.8, 4) is 0 Å². The molecule has 1 aromatic rings. The molecule has 0 radical (unpaired) electrons. The molecule has 3 rings (SSSR count). The van der Waals surface area contributed by atoms with E-state index < -0.39 is 0 Å². The third kappa shape index (κ3) is 1.23. The molecule has 0 saturated heterocycles. The number of Topliss-reactive ketones (excluding diaryl/α,β-unsaturated/α-hetero) is 2. The van der Waals surface area contributed by atoms with Gasteiger partial charge in [-0.05, 0) is 28.9 Å². The molecule has 0 bridgehead atoms. The molecule has 0 spiro atoms. The second-order valence-electron chi connectivity index (χ2n) is 5.88. The van der Waals surface area contributed by atoms with Gasteiger partial charge in [0.2, 0.25) is 11.6 Å². The summed E-state index contributed by atoms with van der Waals surface area (Å²) in [7, 11) is 0. The summed E-state index contributed by atoms with van der Waals surface area (Å²) >= 11 is 0. The maximum absolute atomic E-state index is 12.3. The van der Waals surface area contributed by atoms with Gasteiger partial charge >= 0.3 is 0 Å². The molecule has 0 amide bonds. The molecule has 0 aromatic heterocycles. The minimum Gasteiger partial charge on any atom is -0.285 e. The van der Waals surface area contributed by atoms with Crippen LogP contribution in [0.5, 0.6) is 0 Å². The zero-order valence-electron chi connectivity index (χ0n) is 10.9. The molecule has 92 valence electrons. The highest BCUT2D eigenvalue weighted by atomic mass is 16.2. The normalized spacial score (nSPS) is 25.2. The van der Waals surface area contributed by atoms with Crippen LogP contribution in [0.25, 0.3) is 5.57 Å². The lowest BCUT2D eigenvalue weighted by Crippen LogP contribution is -2.30. The average Bonchev–Trinajstić information content (AvgIpc) is 2.58. The van der Waals surface area contributed by atoms with E-state index in [0.717, 1.165) is 23.1 Å². The van der Waals surface area contributed by atoms with Crippen LogP contribution in [0.15, 0.2) is 29.8 Å². The van der Waals surface area contributed by atoms with Gasteiger partial charge in [-0.3, -0.25) is 9.59 Å². The van der Waals surface area contributed by atoms with Crippen LogP contribution < -0.4 is 0 Å². The van der Waals surface area contributed by atoms with E-state index in [1.165, 1.54) is 0 Å². The minimum atomic E-state index is -0.341. The van der Waals surface area contributed by atoms with Gasteiger partial charge in [0, 0.05) is 11.1 Å². The Morgan fingerprint density at radius 2 is 1.67 bits per heavy atom. The summed E-state index contributed by atoms with van der Waals surface area (Å²) in [4.78, 5) is 24.5. The van der Waals surface area contributed by atoms with Gasteiger partial charge in [0.1, 0.15) is 0 Å². The van der Waals surface area contributed by atoms with Crippen LogP contribution in [-0.2, 0) is 4.79 Å². The van der Waals surface area contributed by atoms with Crippen LogP contribution in [-0.4, -0.2) is 11.6 Å². The standard InChI is InChI=1S/C16H16O2/c1-9-8-12-10-6-4-5-7-11(10)14(17)15(18)13(12)16(9,2)3/h4-7,9H,8H2,1-3H3. The van der Waals surface area contributed by atoms with E-state index in [1.54, 1.807) is 6.07 Å². The number of ketones is 2. The number of fused-ring (bicyclic) bond motifs is 2. The molecule has 2 heteroatoms. The van der Waals surface area contributed by atoms with Gasteiger partial charge in [0.25, 0.3) is 0 Å². The lowest BCUT2D eigenvalue weighted by atomic mass is 9.74. The van der Waals surface area contributed by atoms with Crippen molar-refractivity contribution in [2.75, 3.05) is 0 Å². The van der Waals surface area contributed by atoms with E-state index in [-0.39, 0.29) is 17.0 Å². The first-order chi connectivity index (χ1) is 8.44. The maximum Gasteiger partial charge on any atom is 0.233 e. The van der Waals surface area contributed by atoms with Crippen molar-refractivity contribution >= 4 is 17.1 Å². The zero-order chi connectivity index (χ0) is 13.1. The van der Waals surface area contributed by atoms with E-state index in [2.05, 4.69) is 20.8 Å². The summed E-state index contributed by atoms with van der Waals surface area (Å²) in [5, 5.41) is 0. The van der Waals surface area contributed by atoms with Crippen molar-refractivity contribution in [2.24, 2.45) is 11.3 Å². The van der Waals surface area contributed by atoms with Gasteiger partial charge in [0.05, 0.1) is 0 Å². The molecule has 2 aliphatic rings. The Morgan fingerprint density at radius 3 is 2.33 bits per heavy atom. The highest BCUT2D eigenvalue weighted by Gasteiger charge is 2.47. The predicted octanol–water partition coefficient (Wildman–Crippen LogP) is 3.27. The van der Waals surface area contributed by atoms with E-state index in [0.29, 0.717) is 11.5 Å². The molecule has 18 heavy (non-hydrogen) atoms. The Kier molecular flexibility index (Phi) is 2.16. The first-order valence-electron chi connectivity index (χ1n) is 6.36. The van der Waals surface area contributed by atoms with Crippen LogP contribution in [0, 0.1) is 11.3 Å². The molecule has 2 nitrogen and oxygen atoms in total. The summed E-state index contributed by atoms with van der Waals surface area (Å²) in [5.41, 5.74) is 3.18. The Balaban J connectivity index is 2.32. The Labute approximate surface area is 107 Å². The lowest BCUT2D eigenvalue weighted by Gasteiger charge is -2.28. The topological polar surface area (TPSA) is 34.1 Å². The number of carbonyl (C=O) groups excluding carboxylic acids is 2. The molecular formula is C16H16O2. The second kappa shape index (κ2) is 3.41. The molecule has 1 atom stereocenters. The molecule has 0 fully saturated rings. The first kappa shape index (κ1) is 11.4.